The van der Waals surface area contributed by atoms with Crippen LogP contribution in [0.5, 0.6) is 5.88 Å². The van der Waals surface area contributed by atoms with Crippen LogP contribution in [0.1, 0.15) is 17.3 Å². The Hall–Kier alpha value is -3.18. The van der Waals surface area contributed by atoms with Crippen molar-refractivity contribution in [2.45, 2.75) is 13.0 Å². The molecule has 1 aliphatic rings. The van der Waals surface area contributed by atoms with Crippen LogP contribution in [0.2, 0.25) is 0 Å². The number of sulfonamides is 1. The molecule has 0 bridgehead atoms. The number of fused-ring (bicyclic) bond motifs is 1. The lowest BCUT2D eigenvalue weighted by Gasteiger charge is -2.20. The topological polar surface area (TPSA) is 132 Å². The van der Waals surface area contributed by atoms with Gasteiger partial charge < -0.3 is 15.8 Å². The molecule has 1 aliphatic heterocycles. The molecule has 0 aliphatic carbocycles. The van der Waals surface area contributed by atoms with Crippen LogP contribution in [0, 0.1) is 5.92 Å². The van der Waals surface area contributed by atoms with Crippen LogP contribution in [0.25, 0.3) is 16.6 Å². The fraction of sp³-hybridized carbons (Fsp3) is 0.350. The average molecular weight is 445 g/mol. The number of hydrogen-bond acceptors (Lipinski definition) is 7. The SMILES string of the molecule is COc1ccc(-c2cc3c(N[C@@H]4CN(S(C)(=O)=O)C[C@@H]4C)c(C(N)=O)cnn3c2)cn1. The van der Waals surface area contributed by atoms with Crippen LogP contribution in [-0.2, 0) is 10.0 Å². The van der Waals surface area contributed by atoms with Gasteiger partial charge in [0.25, 0.3) is 5.91 Å². The number of amides is 1. The van der Waals surface area contributed by atoms with Gasteiger partial charge in [0.05, 0.1) is 36.3 Å². The normalized spacial score (nSPS) is 19.6. The number of aromatic nitrogens is 3. The highest BCUT2D eigenvalue weighted by Gasteiger charge is 2.35. The van der Waals surface area contributed by atoms with Crippen molar-refractivity contribution in [2.75, 3.05) is 31.8 Å². The molecule has 4 heterocycles. The van der Waals surface area contributed by atoms with Crippen LogP contribution in [0.15, 0.2) is 36.8 Å². The van der Waals surface area contributed by atoms with Crippen molar-refractivity contribution in [2.24, 2.45) is 11.7 Å². The number of nitrogens with one attached hydrogen (secondary N) is 1. The predicted molar refractivity (Wildman–Crippen MR) is 116 cm³/mol. The number of nitrogens with two attached hydrogens (primary N) is 1. The summed E-state index contributed by atoms with van der Waals surface area (Å²) >= 11 is 0. The Balaban J connectivity index is 1.74. The van der Waals surface area contributed by atoms with E-state index in [1.54, 1.807) is 23.9 Å². The van der Waals surface area contributed by atoms with Gasteiger partial charge in [0.1, 0.15) is 0 Å². The molecule has 0 spiro atoms. The van der Waals surface area contributed by atoms with Crippen molar-refractivity contribution in [3.8, 4) is 17.0 Å². The molecule has 3 N–H and O–H groups in total. The minimum Gasteiger partial charge on any atom is -0.481 e. The van der Waals surface area contributed by atoms with Crippen LogP contribution < -0.4 is 15.8 Å². The molecule has 3 aromatic heterocycles. The number of anilines is 1. The molecule has 2 atom stereocenters. The monoisotopic (exact) mass is 444 g/mol. The first-order valence-electron chi connectivity index (χ1n) is 9.70. The van der Waals surface area contributed by atoms with Crippen LogP contribution in [-0.4, -0.2) is 65.7 Å². The zero-order chi connectivity index (χ0) is 22.3. The van der Waals surface area contributed by atoms with Crippen LogP contribution >= 0.6 is 0 Å². The van der Waals surface area contributed by atoms with E-state index in [9.17, 15) is 13.2 Å². The lowest BCUT2D eigenvalue weighted by molar-refractivity contribution is 0.100. The quantitative estimate of drug-likeness (QED) is 0.584. The van der Waals surface area contributed by atoms with Gasteiger partial charge in [0.2, 0.25) is 15.9 Å². The average Bonchev–Trinajstić information content (AvgIpc) is 3.32. The standard InChI is InChI=1S/C20H24N6O4S/c1-12-9-25(31(3,28)29)11-16(12)24-19-15(20(21)27)8-23-26-10-14(6-17(19)26)13-4-5-18(30-2)22-7-13/h4-8,10,12,16,24H,9,11H2,1-3H3,(H2,21,27)/t12-,16+/m0/s1. The van der Waals surface area contributed by atoms with E-state index in [1.165, 1.54) is 16.8 Å². The maximum atomic E-state index is 12.1. The molecule has 1 fully saturated rings. The Labute approximate surface area is 180 Å². The van der Waals surface area contributed by atoms with E-state index in [0.29, 0.717) is 30.2 Å². The highest BCUT2D eigenvalue weighted by atomic mass is 32.2. The molecular weight excluding hydrogens is 420 g/mol. The third-order valence-corrected chi connectivity index (χ3v) is 6.80. The number of nitrogens with zero attached hydrogens (tertiary/aromatic N) is 4. The minimum absolute atomic E-state index is 0.0453. The van der Waals surface area contributed by atoms with Gasteiger partial charge >= 0.3 is 0 Å². The van der Waals surface area contributed by atoms with E-state index in [2.05, 4.69) is 15.4 Å². The van der Waals surface area contributed by atoms with Gasteiger partial charge in [-0.25, -0.2) is 17.9 Å². The summed E-state index contributed by atoms with van der Waals surface area (Å²) in [6.07, 6.45) is 6.14. The van der Waals surface area contributed by atoms with Gasteiger partial charge in [-0.3, -0.25) is 4.79 Å². The van der Waals surface area contributed by atoms with Gasteiger partial charge in [-0.15, -0.1) is 0 Å². The van der Waals surface area contributed by atoms with E-state index >= 15 is 0 Å². The largest absolute Gasteiger partial charge is 0.481 e. The first-order valence-corrected chi connectivity index (χ1v) is 11.6. The van der Waals surface area contributed by atoms with Crippen molar-refractivity contribution < 1.29 is 17.9 Å². The molecule has 0 radical (unpaired) electrons. The smallest absolute Gasteiger partial charge is 0.252 e. The van der Waals surface area contributed by atoms with E-state index in [-0.39, 0.29) is 17.5 Å². The number of pyridine rings is 1. The second-order valence-electron chi connectivity index (χ2n) is 7.75. The fourth-order valence-electron chi connectivity index (χ4n) is 3.79. The third kappa shape index (κ3) is 4.06. The van der Waals surface area contributed by atoms with Gasteiger partial charge in [-0.1, -0.05) is 6.92 Å². The Bertz CT molecular complexity index is 1240. The lowest BCUT2D eigenvalue weighted by atomic mass is 10.1. The summed E-state index contributed by atoms with van der Waals surface area (Å²) in [5.74, 6) is -0.0597. The van der Waals surface area contributed by atoms with Crippen molar-refractivity contribution >= 4 is 27.1 Å². The number of primary amides is 1. The van der Waals surface area contributed by atoms with Gasteiger partial charge in [-0.2, -0.15) is 9.40 Å². The molecule has 3 aromatic rings. The maximum absolute atomic E-state index is 12.1. The molecular formula is C20H24N6O4S. The molecule has 11 heteroatoms. The summed E-state index contributed by atoms with van der Waals surface area (Å²) in [5, 5.41) is 7.68. The summed E-state index contributed by atoms with van der Waals surface area (Å²) < 4.78 is 32.1. The summed E-state index contributed by atoms with van der Waals surface area (Å²) in [5.41, 5.74) is 8.75. The molecule has 4 rings (SSSR count). The van der Waals surface area contributed by atoms with E-state index < -0.39 is 15.9 Å². The Kier molecular flexibility index (Phi) is 5.31. The van der Waals surface area contributed by atoms with Crippen molar-refractivity contribution in [1.82, 2.24) is 18.9 Å². The molecule has 0 unspecified atom stereocenters. The molecule has 0 aromatic carbocycles. The highest BCUT2D eigenvalue weighted by molar-refractivity contribution is 7.88. The number of rotatable bonds is 6. The lowest BCUT2D eigenvalue weighted by Crippen LogP contribution is -2.32. The predicted octanol–water partition coefficient (Wildman–Crippen LogP) is 1.20. The summed E-state index contributed by atoms with van der Waals surface area (Å²) in [6.45, 7) is 2.69. The van der Waals surface area contributed by atoms with Gasteiger partial charge in [0, 0.05) is 48.7 Å². The van der Waals surface area contributed by atoms with Crippen LogP contribution in [0.3, 0.4) is 0 Å². The summed E-state index contributed by atoms with van der Waals surface area (Å²) in [4.78, 5) is 16.3. The second kappa shape index (κ2) is 7.82. The third-order valence-electron chi connectivity index (χ3n) is 5.56. The van der Waals surface area contributed by atoms with E-state index in [4.69, 9.17) is 10.5 Å². The summed E-state index contributed by atoms with van der Waals surface area (Å²) in [6, 6.07) is 5.35. The molecule has 1 saturated heterocycles. The number of ether oxygens (including phenoxy) is 1. The molecule has 164 valence electrons. The second-order valence-corrected chi connectivity index (χ2v) is 9.74. The Morgan fingerprint density at radius 1 is 1.26 bits per heavy atom. The van der Waals surface area contributed by atoms with Crippen molar-refractivity contribution in [1.29, 1.82) is 0 Å². The number of carbonyl (C=O) groups excluding carboxylic acids is 1. The first kappa shape index (κ1) is 21.1. The number of carbonyl (C=O) groups is 1. The van der Waals surface area contributed by atoms with Crippen molar-refractivity contribution in [3.63, 3.8) is 0 Å². The number of hydrogen-bond donors (Lipinski definition) is 2. The minimum atomic E-state index is -3.30. The van der Waals surface area contributed by atoms with Crippen LogP contribution in [0.4, 0.5) is 5.69 Å². The number of methoxy groups -OCH3 is 1. The Morgan fingerprint density at radius 3 is 2.61 bits per heavy atom. The van der Waals surface area contributed by atoms with Gasteiger partial charge in [0.15, 0.2) is 0 Å². The molecule has 10 nitrogen and oxygen atoms in total. The maximum Gasteiger partial charge on any atom is 0.252 e. The van der Waals surface area contributed by atoms with E-state index in [1.807, 2.05) is 25.3 Å². The van der Waals surface area contributed by atoms with Gasteiger partial charge in [-0.05, 0) is 18.1 Å². The van der Waals surface area contributed by atoms with Crippen molar-refractivity contribution in [3.05, 3.63) is 42.4 Å². The highest BCUT2D eigenvalue weighted by Crippen LogP contribution is 2.31. The zero-order valence-corrected chi connectivity index (χ0v) is 18.3. The summed E-state index contributed by atoms with van der Waals surface area (Å²) in [7, 11) is -1.75. The van der Waals surface area contributed by atoms with E-state index in [0.717, 1.165) is 11.1 Å². The first-order chi connectivity index (χ1) is 14.7. The Morgan fingerprint density at radius 2 is 2.03 bits per heavy atom. The fourth-order valence-corrected chi connectivity index (χ4v) is 4.73. The molecule has 1 amide bonds. The molecule has 31 heavy (non-hydrogen) atoms. The molecule has 0 saturated carbocycles. The zero-order valence-electron chi connectivity index (χ0n) is 17.4.